The van der Waals surface area contributed by atoms with Crippen LogP contribution in [-0.4, -0.2) is 37.0 Å². The summed E-state index contributed by atoms with van der Waals surface area (Å²) in [6.07, 6.45) is -5.40. The van der Waals surface area contributed by atoms with Gasteiger partial charge >= 0.3 is 12.3 Å². The van der Waals surface area contributed by atoms with E-state index in [0.29, 0.717) is 0 Å². The molecule has 7 nitrogen and oxygen atoms in total. The maximum absolute atomic E-state index is 13.4. The van der Waals surface area contributed by atoms with Crippen LogP contribution < -0.4 is 9.46 Å². The fourth-order valence-electron chi connectivity index (χ4n) is 2.17. The summed E-state index contributed by atoms with van der Waals surface area (Å²) in [6, 6.07) is 4.48. The molecule has 1 atom stereocenters. The smallest absolute Gasteiger partial charge is 0.505 e. The van der Waals surface area contributed by atoms with Crippen molar-refractivity contribution in [3.8, 4) is 11.5 Å². The van der Waals surface area contributed by atoms with Crippen molar-refractivity contribution in [2.24, 2.45) is 0 Å². The first-order valence-electron chi connectivity index (χ1n) is 7.46. The molecule has 0 amide bonds. The lowest BCUT2D eigenvalue weighted by molar-refractivity contribution is -0.274. The second kappa shape index (κ2) is 8.02. The number of nitrogens with one attached hydrogen (secondary N) is 1. The van der Waals surface area contributed by atoms with Crippen molar-refractivity contribution in [1.29, 1.82) is 0 Å². The van der Waals surface area contributed by atoms with Gasteiger partial charge in [-0.05, 0) is 48.4 Å². The summed E-state index contributed by atoms with van der Waals surface area (Å²) in [5, 5.41) is 18.4. The number of hydrogen-bond donors (Lipinski definition) is 3. The standard InChI is InChI=1S/C16H13F4NO6S/c17-12-7-9(1-6-14(12)22)8-13(15(23)24)21-28(25,26)11-4-2-10(3-5-11)27-16(18,19)20/h1-7,13,21-22H,8H2,(H,23,24)/t13-/m0/s1. The molecule has 3 N–H and O–H groups in total. The van der Waals surface area contributed by atoms with Gasteiger partial charge in [0.15, 0.2) is 11.6 Å². The van der Waals surface area contributed by atoms with Crippen molar-refractivity contribution in [2.45, 2.75) is 23.7 Å². The zero-order valence-electron chi connectivity index (χ0n) is 13.8. The molecule has 0 radical (unpaired) electrons. The summed E-state index contributed by atoms with van der Waals surface area (Å²) in [6.45, 7) is 0. The predicted molar refractivity (Wildman–Crippen MR) is 86.6 cm³/mol. The third kappa shape index (κ3) is 5.82. The number of carboxylic acid groups (broad SMARTS) is 1. The average molecular weight is 423 g/mol. The summed E-state index contributed by atoms with van der Waals surface area (Å²) < 4.78 is 79.9. The van der Waals surface area contributed by atoms with Gasteiger partial charge in [0.1, 0.15) is 11.8 Å². The summed E-state index contributed by atoms with van der Waals surface area (Å²) in [7, 11) is -4.41. The van der Waals surface area contributed by atoms with Crippen LogP contribution in [-0.2, 0) is 21.2 Å². The number of ether oxygens (including phenoxy) is 1. The van der Waals surface area contributed by atoms with Crippen molar-refractivity contribution < 1.29 is 45.7 Å². The Kier molecular flexibility index (Phi) is 6.14. The number of carbonyl (C=O) groups is 1. The third-order valence-electron chi connectivity index (χ3n) is 3.42. The number of aliphatic carboxylic acids is 1. The monoisotopic (exact) mass is 423 g/mol. The normalized spacial score (nSPS) is 13.1. The van der Waals surface area contributed by atoms with Crippen molar-refractivity contribution >= 4 is 16.0 Å². The molecule has 0 heterocycles. The van der Waals surface area contributed by atoms with Crippen LogP contribution in [0, 0.1) is 5.82 Å². The zero-order chi connectivity index (χ0) is 21.1. The Morgan fingerprint density at radius 3 is 2.25 bits per heavy atom. The number of carboxylic acids is 1. The molecule has 0 saturated heterocycles. The van der Waals surface area contributed by atoms with Crippen LogP contribution in [0.15, 0.2) is 47.4 Å². The molecule has 0 bridgehead atoms. The van der Waals surface area contributed by atoms with E-state index in [2.05, 4.69) is 4.74 Å². The fourth-order valence-corrected chi connectivity index (χ4v) is 3.36. The molecule has 28 heavy (non-hydrogen) atoms. The highest BCUT2D eigenvalue weighted by Gasteiger charge is 2.31. The number of hydrogen-bond acceptors (Lipinski definition) is 5. The van der Waals surface area contributed by atoms with E-state index in [9.17, 15) is 35.9 Å². The molecule has 12 heteroatoms. The first-order valence-corrected chi connectivity index (χ1v) is 8.94. The van der Waals surface area contributed by atoms with Gasteiger partial charge in [-0.25, -0.2) is 12.8 Å². The third-order valence-corrected chi connectivity index (χ3v) is 4.90. The van der Waals surface area contributed by atoms with Gasteiger partial charge in [0.2, 0.25) is 10.0 Å². The molecule has 0 spiro atoms. The maximum Gasteiger partial charge on any atom is 0.573 e. The van der Waals surface area contributed by atoms with Gasteiger partial charge in [-0.3, -0.25) is 4.79 Å². The number of benzene rings is 2. The first kappa shape index (κ1) is 21.4. The summed E-state index contributed by atoms with van der Waals surface area (Å²) >= 11 is 0. The quantitative estimate of drug-likeness (QED) is 0.590. The maximum atomic E-state index is 13.4. The molecule has 0 saturated carbocycles. The molecule has 0 aromatic heterocycles. The van der Waals surface area contributed by atoms with E-state index >= 15 is 0 Å². The van der Waals surface area contributed by atoms with E-state index < -0.39 is 57.0 Å². The molecule has 152 valence electrons. The highest BCUT2D eigenvalue weighted by Crippen LogP contribution is 2.24. The largest absolute Gasteiger partial charge is 0.573 e. The van der Waals surface area contributed by atoms with Crippen LogP contribution in [0.4, 0.5) is 17.6 Å². The molecule has 2 aromatic rings. The van der Waals surface area contributed by atoms with Crippen LogP contribution >= 0.6 is 0 Å². The molecule has 0 aliphatic rings. The molecule has 0 unspecified atom stereocenters. The van der Waals surface area contributed by atoms with E-state index in [0.717, 1.165) is 36.4 Å². The average Bonchev–Trinajstić information content (AvgIpc) is 2.56. The minimum atomic E-state index is -4.95. The van der Waals surface area contributed by atoms with Crippen LogP contribution in [0.1, 0.15) is 5.56 Å². The molecular weight excluding hydrogens is 410 g/mol. The van der Waals surface area contributed by atoms with Gasteiger partial charge in [-0.2, -0.15) is 4.72 Å². The molecule has 0 aliphatic carbocycles. The minimum Gasteiger partial charge on any atom is -0.505 e. The van der Waals surface area contributed by atoms with Crippen molar-refractivity contribution in [1.82, 2.24) is 4.72 Å². The van der Waals surface area contributed by atoms with Gasteiger partial charge in [0.05, 0.1) is 4.90 Å². The zero-order valence-corrected chi connectivity index (χ0v) is 14.6. The molecule has 0 aliphatic heterocycles. The number of sulfonamides is 1. The van der Waals surface area contributed by atoms with E-state index in [1.54, 1.807) is 0 Å². The van der Waals surface area contributed by atoms with Crippen LogP contribution in [0.5, 0.6) is 11.5 Å². The summed E-state index contributed by atoms with van der Waals surface area (Å²) in [5.74, 6) is -3.88. The van der Waals surface area contributed by atoms with Crippen molar-refractivity contribution in [2.75, 3.05) is 0 Å². The summed E-state index contributed by atoms with van der Waals surface area (Å²) in [5.41, 5.74) is 0.0966. The Balaban J connectivity index is 2.18. The predicted octanol–water partition coefficient (Wildman–Crippen LogP) is 2.40. The van der Waals surface area contributed by atoms with Crippen LogP contribution in [0.2, 0.25) is 0 Å². The molecular formula is C16H13F4NO6S. The molecule has 2 rings (SSSR count). The van der Waals surface area contributed by atoms with Crippen molar-refractivity contribution in [3.05, 3.63) is 53.8 Å². The second-order valence-electron chi connectivity index (χ2n) is 5.52. The minimum absolute atomic E-state index is 0.0966. The Labute approximate surface area is 156 Å². The Bertz CT molecular complexity index is 960. The number of phenolic OH excluding ortho intramolecular Hbond substituents is 1. The summed E-state index contributed by atoms with van der Waals surface area (Å²) in [4.78, 5) is 10.9. The van der Waals surface area contributed by atoms with E-state index in [1.807, 2.05) is 4.72 Å². The SMILES string of the molecule is O=C(O)[C@H](Cc1ccc(O)c(F)c1)NS(=O)(=O)c1ccc(OC(F)(F)F)cc1. The van der Waals surface area contributed by atoms with Crippen molar-refractivity contribution in [3.63, 3.8) is 0 Å². The Hall–Kier alpha value is -2.86. The number of aromatic hydroxyl groups is 1. The van der Waals surface area contributed by atoms with Gasteiger partial charge in [0, 0.05) is 0 Å². The number of rotatable bonds is 7. The van der Waals surface area contributed by atoms with Crippen LogP contribution in [0.3, 0.4) is 0 Å². The number of alkyl halides is 3. The molecule has 0 fully saturated rings. The lowest BCUT2D eigenvalue weighted by Crippen LogP contribution is -2.42. The Morgan fingerprint density at radius 2 is 1.75 bits per heavy atom. The lowest BCUT2D eigenvalue weighted by atomic mass is 10.1. The van der Waals surface area contributed by atoms with Gasteiger partial charge in [-0.15, -0.1) is 13.2 Å². The molecule has 2 aromatic carbocycles. The van der Waals surface area contributed by atoms with Gasteiger partial charge in [0.25, 0.3) is 0 Å². The highest BCUT2D eigenvalue weighted by molar-refractivity contribution is 7.89. The topological polar surface area (TPSA) is 113 Å². The lowest BCUT2D eigenvalue weighted by Gasteiger charge is -2.15. The van der Waals surface area contributed by atoms with E-state index in [1.165, 1.54) is 6.07 Å². The van der Waals surface area contributed by atoms with Gasteiger partial charge in [-0.1, -0.05) is 6.07 Å². The van der Waals surface area contributed by atoms with Crippen LogP contribution in [0.25, 0.3) is 0 Å². The Morgan fingerprint density at radius 1 is 1.14 bits per heavy atom. The van der Waals surface area contributed by atoms with E-state index in [-0.39, 0.29) is 5.56 Å². The number of halogens is 4. The highest BCUT2D eigenvalue weighted by atomic mass is 32.2. The van der Waals surface area contributed by atoms with E-state index in [4.69, 9.17) is 5.11 Å². The fraction of sp³-hybridized carbons (Fsp3) is 0.188. The first-order chi connectivity index (χ1) is 12.9. The second-order valence-corrected chi connectivity index (χ2v) is 7.24. The van der Waals surface area contributed by atoms with Gasteiger partial charge < -0.3 is 14.9 Å². The number of phenols is 1.